The van der Waals surface area contributed by atoms with Gasteiger partial charge in [0.1, 0.15) is 21.3 Å². The molecule has 0 aromatic rings. The Balaban J connectivity index is 2.37. The van der Waals surface area contributed by atoms with Crippen molar-refractivity contribution in [1.82, 2.24) is 0 Å². The van der Waals surface area contributed by atoms with Crippen LogP contribution in [0.4, 0.5) is 0 Å². The van der Waals surface area contributed by atoms with E-state index < -0.39 is 30.7 Å². The predicted molar refractivity (Wildman–Crippen MR) is 96.7 cm³/mol. The van der Waals surface area contributed by atoms with Crippen LogP contribution in [-0.2, 0) is 8.85 Å². The molecule has 0 aromatic carbocycles. The molecule has 2 nitrogen and oxygen atoms in total. The van der Waals surface area contributed by atoms with Gasteiger partial charge in [-0.3, -0.25) is 0 Å². The molecule has 0 aliphatic heterocycles. The summed E-state index contributed by atoms with van der Waals surface area (Å²) in [4.78, 5) is -1.77. The lowest BCUT2D eigenvalue weighted by atomic mass is 10.0. The van der Waals surface area contributed by atoms with Gasteiger partial charge >= 0.3 is 0 Å². The van der Waals surface area contributed by atoms with E-state index in [0.717, 1.165) is 11.5 Å². The maximum atomic E-state index is 6.60. The van der Waals surface area contributed by atoms with Crippen LogP contribution in [0.5, 0.6) is 0 Å². The van der Waals surface area contributed by atoms with E-state index in [-0.39, 0.29) is 0 Å². The number of alkyl halides is 4. The predicted octanol–water partition coefficient (Wildman–Crippen LogP) is 5.84. The van der Waals surface area contributed by atoms with Crippen molar-refractivity contribution in [2.45, 2.75) is 66.2 Å². The van der Waals surface area contributed by atoms with Crippen LogP contribution < -0.4 is 0 Å². The minimum atomic E-state index is -1.79. The van der Waals surface area contributed by atoms with Crippen molar-refractivity contribution in [3.05, 3.63) is 11.5 Å². The molecule has 8 heteroatoms. The summed E-state index contributed by atoms with van der Waals surface area (Å²) >= 11 is 25.9. The molecule has 0 aromatic heterocycles. The Morgan fingerprint density at radius 2 is 1.00 bits per heavy atom. The van der Waals surface area contributed by atoms with Gasteiger partial charge in [-0.15, -0.1) is 23.2 Å². The number of halogens is 4. The third kappa shape index (κ3) is 3.01. The van der Waals surface area contributed by atoms with E-state index in [4.69, 9.17) is 55.3 Å². The van der Waals surface area contributed by atoms with E-state index in [0.29, 0.717) is 12.8 Å². The number of rotatable bonds is 4. The van der Waals surface area contributed by atoms with Gasteiger partial charge in [0.15, 0.2) is 4.33 Å². The molecule has 0 radical (unpaired) electrons. The molecule has 0 saturated heterocycles. The maximum Gasteiger partial charge on any atom is 0.241 e. The summed E-state index contributed by atoms with van der Waals surface area (Å²) < 4.78 is 11.2. The van der Waals surface area contributed by atoms with Gasteiger partial charge in [-0.25, -0.2) is 0 Å². The number of hydrogen-bond acceptors (Lipinski definition) is 2. The highest BCUT2D eigenvalue weighted by Gasteiger charge is 2.88. The largest absolute Gasteiger partial charge is 0.545 e. The van der Waals surface area contributed by atoms with Gasteiger partial charge in [-0.05, 0) is 39.3 Å². The molecule has 0 spiro atoms. The molecule has 0 amide bonds. The molecule has 1 fully saturated rings. The molecule has 2 aliphatic carbocycles. The van der Waals surface area contributed by atoms with Crippen molar-refractivity contribution < 1.29 is 8.85 Å². The lowest BCUT2D eigenvalue weighted by Crippen LogP contribution is -2.34. The smallest absolute Gasteiger partial charge is 0.241 e. The molecule has 21 heavy (non-hydrogen) atoms. The fourth-order valence-electron chi connectivity index (χ4n) is 2.60. The van der Waals surface area contributed by atoms with Gasteiger partial charge in [0.25, 0.3) is 0 Å². The summed E-state index contributed by atoms with van der Waals surface area (Å²) in [5.74, 6) is 1.57. The lowest BCUT2D eigenvalue weighted by molar-refractivity contribution is 0.294. The summed E-state index contributed by atoms with van der Waals surface area (Å²) in [5.41, 5.74) is 0. The topological polar surface area (TPSA) is 18.5 Å². The Hall–Kier alpha value is 0.934. The number of allylic oxidation sites excluding steroid dienone is 2. The average molecular weight is 408 g/mol. The second-order valence-corrected chi connectivity index (χ2v) is 19.3. The first kappa shape index (κ1) is 18.3. The first-order valence-corrected chi connectivity index (χ1v) is 15.3. The van der Waals surface area contributed by atoms with Crippen molar-refractivity contribution in [3.63, 3.8) is 0 Å². The van der Waals surface area contributed by atoms with E-state index in [1.54, 1.807) is 0 Å². The average Bonchev–Trinajstić information content (AvgIpc) is 2.52. The number of fused-ring (bicyclic) bond motifs is 1. The minimum Gasteiger partial charge on any atom is -0.545 e. The fourth-order valence-corrected chi connectivity index (χ4v) is 6.40. The molecular formula is C13H22Cl4O2Si2. The van der Waals surface area contributed by atoms with Crippen molar-refractivity contribution in [2.75, 3.05) is 0 Å². The van der Waals surface area contributed by atoms with Crippen molar-refractivity contribution in [2.24, 2.45) is 0 Å². The van der Waals surface area contributed by atoms with Crippen LogP contribution in [-0.4, -0.2) is 30.7 Å². The van der Waals surface area contributed by atoms with Gasteiger partial charge in [-0.1, -0.05) is 23.2 Å². The van der Waals surface area contributed by atoms with Crippen molar-refractivity contribution in [3.8, 4) is 0 Å². The summed E-state index contributed by atoms with van der Waals surface area (Å²) in [6.45, 7) is 12.7. The standard InChI is InChI=1S/C13H22Cl4O2Si2/c1-20(2,3)18-9-7-11(14)12(15,13(11,16)17)8-10(9)19-21(4,5)6/h7-8H2,1-6H3/t11-,12+. The second-order valence-electron chi connectivity index (χ2n) is 7.81. The molecule has 0 bridgehead atoms. The molecule has 2 aliphatic rings. The first-order valence-electron chi connectivity index (χ1n) is 6.99. The molecule has 122 valence electrons. The van der Waals surface area contributed by atoms with E-state index in [9.17, 15) is 0 Å². The highest BCUT2D eigenvalue weighted by Crippen LogP contribution is 2.78. The van der Waals surface area contributed by atoms with Crippen molar-refractivity contribution >= 4 is 63.0 Å². The van der Waals surface area contributed by atoms with E-state index in [1.807, 2.05) is 0 Å². The van der Waals surface area contributed by atoms with E-state index in [1.165, 1.54) is 0 Å². The van der Waals surface area contributed by atoms with Gasteiger partial charge in [-0.2, -0.15) is 0 Å². The highest BCUT2D eigenvalue weighted by atomic mass is 35.5. The molecule has 0 heterocycles. The quantitative estimate of drug-likeness (QED) is 0.430. The van der Waals surface area contributed by atoms with Gasteiger partial charge in [0.05, 0.1) is 0 Å². The van der Waals surface area contributed by atoms with Crippen LogP contribution in [0.25, 0.3) is 0 Å². The van der Waals surface area contributed by atoms with E-state index >= 15 is 0 Å². The third-order valence-electron chi connectivity index (χ3n) is 3.54. The van der Waals surface area contributed by atoms with Crippen LogP contribution >= 0.6 is 46.4 Å². The molecule has 2 rings (SSSR count). The van der Waals surface area contributed by atoms with Gasteiger partial charge in [0, 0.05) is 12.8 Å². The Labute approximate surface area is 149 Å². The van der Waals surface area contributed by atoms with Gasteiger partial charge < -0.3 is 8.85 Å². The zero-order chi connectivity index (χ0) is 16.5. The zero-order valence-electron chi connectivity index (χ0n) is 13.2. The summed E-state index contributed by atoms with van der Waals surface area (Å²) in [7, 11) is -3.57. The Bertz CT molecular complexity index is 453. The highest BCUT2D eigenvalue weighted by molar-refractivity contribution is 6.71. The van der Waals surface area contributed by atoms with Gasteiger partial charge in [0.2, 0.25) is 16.6 Å². The normalized spacial score (nSPS) is 35.3. The first-order chi connectivity index (χ1) is 9.13. The number of hydrogen-bond donors (Lipinski definition) is 0. The Kier molecular flexibility index (Phi) is 4.32. The maximum absolute atomic E-state index is 6.60. The third-order valence-corrected chi connectivity index (χ3v) is 8.51. The Morgan fingerprint density at radius 1 is 0.714 bits per heavy atom. The fraction of sp³-hybridized carbons (Fsp3) is 0.846. The molecule has 1 saturated carbocycles. The molecule has 2 atom stereocenters. The van der Waals surface area contributed by atoms with E-state index in [2.05, 4.69) is 39.3 Å². The van der Waals surface area contributed by atoms with Crippen LogP contribution in [0.15, 0.2) is 11.5 Å². The molecule has 0 unspecified atom stereocenters. The second kappa shape index (κ2) is 4.96. The Morgan fingerprint density at radius 3 is 1.24 bits per heavy atom. The molecular weight excluding hydrogens is 386 g/mol. The SMILES string of the molecule is C[Si](C)(C)OC1=C(O[Si](C)(C)C)C[C@]2(Cl)C(Cl)(Cl)[C@]2(Cl)C1. The minimum absolute atomic E-state index is 0.412. The van der Waals surface area contributed by atoms with Crippen LogP contribution in [0.2, 0.25) is 39.3 Å². The molecule has 0 N–H and O–H groups in total. The lowest BCUT2D eigenvalue weighted by Gasteiger charge is -2.33. The summed E-state index contributed by atoms with van der Waals surface area (Å²) in [6.07, 6.45) is 0.824. The monoisotopic (exact) mass is 406 g/mol. The summed E-state index contributed by atoms with van der Waals surface area (Å²) in [6, 6.07) is 0. The van der Waals surface area contributed by atoms with Crippen LogP contribution in [0.1, 0.15) is 12.8 Å². The zero-order valence-corrected chi connectivity index (χ0v) is 18.3. The van der Waals surface area contributed by atoms with Crippen molar-refractivity contribution in [1.29, 1.82) is 0 Å². The summed E-state index contributed by atoms with van der Waals surface area (Å²) in [5, 5.41) is 0. The van der Waals surface area contributed by atoms with Crippen LogP contribution in [0, 0.1) is 0 Å². The van der Waals surface area contributed by atoms with Crippen LogP contribution in [0.3, 0.4) is 0 Å².